The van der Waals surface area contributed by atoms with Crippen molar-refractivity contribution in [2.45, 2.75) is 26.2 Å². The number of nitrogens with two attached hydrogens (primary N) is 1. The Morgan fingerprint density at radius 2 is 2.03 bits per heavy atom. The highest BCUT2D eigenvalue weighted by molar-refractivity contribution is 7.17. The number of fused-ring (bicyclic) bond motifs is 2. The van der Waals surface area contributed by atoms with Gasteiger partial charge in [-0.25, -0.2) is 4.98 Å². The van der Waals surface area contributed by atoms with Crippen LogP contribution in [0.1, 0.15) is 44.5 Å². The molecule has 1 atom stereocenters. The summed E-state index contributed by atoms with van der Waals surface area (Å²) in [7, 11) is 0. The zero-order valence-electron chi connectivity index (χ0n) is 17.0. The quantitative estimate of drug-likeness (QED) is 0.433. The van der Waals surface area contributed by atoms with Crippen LogP contribution in [0.2, 0.25) is 0 Å². The van der Waals surface area contributed by atoms with E-state index in [1.807, 2.05) is 47.8 Å². The molecule has 5 nitrogen and oxygen atoms in total. The Bertz CT molecular complexity index is 1310. The number of primary amides is 1. The minimum Gasteiger partial charge on any atom is -0.365 e. The molecule has 0 bridgehead atoms. The zero-order chi connectivity index (χ0) is 21.5. The van der Waals surface area contributed by atoms with Crippen LogP contribution in [0, 0.1) is 5.92 Å². The molecule has 0 saturated heterocycles. The van der Waals surface area contributed by atoms with Gasteiger partial charge >= 0.3 is 0 Å². The van der Waals surface area contributed by atoms with E-state index in [1.54, 1.807) is 11.3 Å². The minimum atomic E-state index is -0.485. The third-order valence-electron chi connectivity index (χ3n) is 5.72. The second-order valence-corrected chi connectivity index (χ2v) is 9.98. The molecular weight excluding hydrogens is 426 g/mol. The lowest BCUT2D eigenvalue weighted by atomic mass is 9.88. The van der Waals surface area contributed by atoms with Crippen LogP contribution in [0.25, 0.3) is 21.5 Å². The summed E-state index contributed by atoms with van der Waals surface area (Å²) >= 11 is 3.06. The SMILES string of the molecule is CC1CCc2c(sc(NC(=O)c3cc(-c4cccs4)nc4ccccc34)c2C(N)=O)C1. The largest absolute Gasteiger partial charge is 0.365 e. The first-order valence-electron chi connectivity index (χ1n) is 10.2. The Morgan fingerprint density at radius 3 is 2.81 bits per heavy atom. The maximum absolute atomic E-state index is 13.4. The molecule has 3 N–H and O–H groups in total. The van der Waals surface area contributed by atoms with Crippen LogP contribution >= 0.6 is 22.7 Å². The van der Waals surface area contributed by atoms with Gasteiger partial charge in [0, 0.05) is 10.3 Å². The smallest absolute Gasteiger partial charge is 0.257 e. The summed E-state index contributed by atoms with van der Waals surface area (Å²) in [5.74, 6) is -0.181. The molecule has 0 radical (unpaired) electrons. The molecule has 31 heavy (non-hydrogen) atoms. The predicted octanol–water partition coefficient (Wildman–Crippen LogP) is 5.50. The van der Waals surface area contributed by atoms with Gasteiger partial charge in [0.2, 0.25) is 0 Å². The molecular formula is C24H21N3O2S2. The number of para-hydroxylation sites is 1. The maximum atomic E-state index is 13.4. The minimum absolute atomic E-state index is 0.259. The molecule has 0 aliphatic heterocycles. The van der Waals surface area contributed by atoms with E-state index in [-0.39, 0.29) is 5.91 Å². The van der Waals surface area contributed by atoms with Gasteiger partial charge in [0.05, 0.1) is 27.2 Å². The number of anilines is 1. The average Bonchev–Trinajstić information content (AvgIpc) is 3.40. The summed E-state index contributed by atoms with van der Waals surface area (Å²) in [4.78, 5) is 32.6. The van der Waals surface area contributed by atoms with E-state index in [1.165, 1.54) is 11.3 Å². The van der Waals surface area contributed by atoms with E-state index in [0.29, 0.717) is 22.0 Å². The average molecular weight is 448 g/mol. The number of carbonyl (C=O) groups is 2. The van der Waals surface area contributed by atoms with Gasteiger partial charge in [-0.05, 0) is 54.3 Å². The van der Waals surface area contributed by atoms with Crippen LogP contribution < -0.4 is 11.1 Å². The van der Waals surface area contributed by atoms with Crippen molar-refractivity contribution < 1.29 is 9.59 Å². The van der Waals surface area contributed by atoms with Crippen LogP contribution in [-0.2, 0) is 12.8 Å². The molecule has 1 aromatic carbocycles. The zero-order valence-corrected chi connectivity index (χ0v) is 18.6. The molecule has 4 aromatic rings. The fourth-order valence-corrected chi connectivity index (χ4v) is 6.28. The normalized spacial score (nSPS) is 15.6. The number of hydrogen-bond acceptors (Lipinski definition) is 5. The van der Waals surface area contributed by atoms with Gasteiger partial charge in [-0.3, -0.25) is 9.59 Å². The fraction of sp³-hybridized carbons (Fsp3) is 0.208. The number of hydrogen-bond donors (Lipinski definition) is 2. The third-order valence-corrected chi connectivity index (χ3v) is 7.78. The molecule has 0 spiro atoms. The molecule has 0 saturated carbocycles. The molecule has 2 amide bonds. The van der Waals surface area contributed by atoms with Crippen molar-refractivity contribution >= 4 is 50.4 Å². The second kappa shape index (κ2) is 7.90. The highest BCUT2D eigenvalue weighted by Gasteiger charge is 2.27. The summed E-state index contributed by atoms with van der Waals surface area (Å²) < 4.78 is 0. The maximum Gasteiger partial charge on any atom is 0.257 e. The molecule has 1 unspecified atom stereocenters. The van der Waals surface area contributed by atoms with Gasteiger partial charge < -0.3 is 11.1 Å². The lowest BCUT2D eigenvalue weighted by molar-refractivity contribution is 0.1000. The summed E-state index contributed by atoms with van der Waals surface area (Å²) in [6.07, 6.45) is 2.76. The van der Waals surface area contributed by atoms with E-state index >= 15 is 0 Å². The summed E-state index contributed by atoms with van der Waals surface area (Å²) in [5.41, 5.74) is 9.24. The second-order valence-electron chi connectivity index (χ2n) is 7.92. The number of carbonyl (C=O) groups excluding carboxylic acids is 2. The highest BCUT2D eigenvalue weighted by atomic mass is 32.1. The van der Waals surface area contributed by atoms with Crippen LogP contribution in [0.3, 0.4) is 0 Å². The van der Waals surface area contributed by atoms with E-state index in [2.05, 4.69) is 12.2 Å². The Hall–Kier alpha value is -3.03. The Kier molecular flexibility index (Phi) is 5.08. The van der Waals surface area contributed by atoms with E-state index < -0.39 is 5.91 Å². The molecule has 0 fully saturated rings. The van der Waals surface area contributed by atoms with E-state index in [9.17, 15) is 9.59 Å². The van der Waals surface area contributed by atoms with Crippen LogP contribution in [0.4, 0.5) is 5.00 Å². The first kappa shape index (κ1) is 19.9. The van der Waals surface area contributed by atoms with Gasteiger partial charge in [-0.2, -0.15) is 0 Å². The fourth-order valence-electron chi connectivity index (χ4n) is 4.18. The molecule has 7 heteroatoms. The number of nitrogens with zero attached hydrogens (tertiary/aromatic N) is 1. The van der Waals surface area contributed by atoms with Crippen LogP contribution in [0.5, 0.6) is 0 Å². The Labute approximate surface area is 187 Å². The summed E-state index contributed by atoms with van der Waals surface area (Å²) in [6, 6.07) is 13.4. The van der Waals surface area contributed by atoms with Crippen molar-refractivity contribution in [1.82, 2.24) is 4.98 Å². The van der Waals surface area contributed by atoms with Crippen LogP contribution in [0.15, 0.2) is 47.8 Å². The van der Waals surface area contributed by atoms with E-state index in [0.717, 1.165) is 51.2 Å². The van der Waals surface area contributed by atoms with Gasteiger partial charge in [0.1, 0.15) is 5.00 Å². The number of nitrogens with one attached hydrogen (secondary N) is 1. The molecule has 3 heterocycles. The molecule has 5 rings (SSSR count). The number of amides is 2. The standard InChI is InChI=1S/C24H21N3O2S2/c1-13-8-9-15-20(11-13)31-24(21(15)22(25)28)27-23(29)16-12-18(19-7-4-10-30-19)26-17-6-3-2-5-14(16)17/h2-7,10,12-13H,8-9,11H2,1H3,(H2,25,28)(H,27,29). The van der Waals surface area contributed by atoms with Crippen molar-refractivity contribution in [2.75, 3.05) is 5.32 Å². The first-order chi connectivity index (χ1) is 15.0. The van der Waals surface area contributed by atoms with Gasteiger partial charge in [-0.1, -0.05) is 31.2 Å². The van der Waals surface area contributed by atoms with E-state index in [4.69, 9.17) is 10.7 Å². The van der Waals surface area contributed by atoms with Gasteiger partial charge in [0.25, 0.3) is 11.8 Å². The molecule has 156 valence electrons. The molecule has 1 aliphatic carbocycles. The number of thiophene rings is 2. The summed E-state index contributed by atoms with van der Waals surface area (Å²) in [5, 5.41) is 6.31. The number of pyridine rings is 1. The topological polar surface area (TPSA) is 85.1 Å². The van der Waals surface area contributed by atoms with Crippen LogP contribution in [-0.4, -0.2) is 16.8 Å². The van der Waals surface area contributed by atoms with Crippen molar-refractivity contribution in [3.8, 4) is 10.6 Å². The number of aromatic nitrogens is 1. The van der Waals surface area contributed by atoms with Crippen molar-refractivity contribution in [3.63, 3.8) is 0 Å². The van der Waals surface area contributed by atoms with Crippen molar-refractivity contribution in [1.29, 1.82) is 0 Å². The lowest BCUT2D eigenvalue weighted by Gasteiger charge is -2.18. The monoisotopic (exact) mass is 447 g/mol. The highest BCUT2D eigenvalue weighted by Crippen LogP contribution is 2.40. The van der Waals surface area contributed by atoms with Gasteiger partial charge in [0.15, 0.2) is 0 Å². The number of rotatable bonds is 4. The summed E-state index contributed by atoms with van der Waals surface area (Å²) in [6.45, 7) is 2.21. The van der Waals surface area contributed by atoms with Crippen molar-refractivity contribution in [3.05, 3.63) is 69.4 Å². The number of benzene rings is 1. The predicted molar refractivity (Wildman–Crippen MR) is 127 cm³/mol. The third kappa shape index (κ3) is 3.64. The lowest BCUT2D eigenvalue weighted by Crippen LogP contribution is -2.19. The van der Waals surface area contributed by atoms with Gasteiger partial charge in [-0.15, -0.1) is 22.7 Å². The molecule has 3 aromatic heterocycles. The Morgan fingerprint density at radius 1 is 1.19 bits per heavy atom. The Balaban J connectivity index is 1.58. The molecule has 1 aliphatic rings. The van der Waals surface area contributed by atoms with Crippen molar-refractivity contribution in [2.24, 2.45) is 11.7 Å². The first-order valence-corrected chi connectivity index (χ1v) is 11.9.